The molecule has 0 atom stereocenters. The molecule has 0 unspecified atom stereocenters. The van der Waals surface area contributed by atoms with E-state index in [1.807, 2.05) is 18.2 Å². The fourth-order valence-corrected chi connectivity index (χ4v) is 5.89. The molecule has 0 spiro atoms. The lowest BCUT2D eigenvalue weighted by atomic mass is 9.96. The standard InChI is InChI=1S/C20H17N3O2S2/c1-11-10-14(23-25-11)18(24)22-20-17(12-6-2-4-8-15(12)26-20)19-21-13-7-3-5-9-16(13)27-19/h3,5,7,9-10H,2,4,6,8H2,1H3,(H,22,24). The van der Waals surface area contributed by atoms with Crippen molar-refractivity contribution in [3.8, 4) is 10.6 Å². The van der Waals surface area contributed by atoms with E-state index in [1.54, 1.807) is 35.7 Å². The van der Waals surface area contributed by atoms with E-state index in [-0.39, 0.29) is 5.91 Å². The average Bonchev–Trinajstić information content (AvgIpc) is 3.36. The highest BCUT2D eigenvalue weighted by Crippen LogP contribution is 2.46. The van der Waals surface area contributed by atoms with Crippen LogP contribution in [0.5, 0.6) is 0 Å². The molecule has 0 bridgehead atoms. The summed E-state index contributed by atoms with van der Waals surface area (Å²) >= 11 is 3.35. The number of thiazole rings is 1. The summed E-state index contributed by atoms with van der Waals surface area (Å²) in [5.74, 6) is 0.379. The molecule has 5 rings (SSSR count). The van der Waals surface area contributed by atoms with Gasteiger partial charge < -0.3 is 9.84 Å². The van der Waals surface area contributed by atoms with Gasteiger partial charge in [0, 0.05) is 16.5 Å². The molecule has 1 aromatic carbocycles. The van der Waals surface area contributed by atoms with Crippen LogP contribution in [-0.2, 0) is 12.8 Å². The van der Waals surface area contributed by atoms with E-state index in [4.69, 9.17) is 9.51 Å². The third-order valence-corrected chi connectivity index (χ3v) is 7.03. The smallest absolute Gasteiger partial charge is 0.278 e. The molecule has 1 amide bonds. The number of para-hydroxylation sites is 1. The van der Waals surface area contributed by atoms with Crippen LogP contribution in [0.15, 0.2) is 34.9 Å². The summed E-state index contributed by atoms with van der Waals surface area (Å²) in [5.41, 5.74) is 3.73. The predicted octanol–water partition coefficient (Wildman–Crippen LogP) is 5.45. The Kier molecular flexibility index (Phi) is 4.06. The van der Waals surface area contributed by atoms with Gasteiger partial charge in [-0.2, -0.15) is 0 Å². The Labute approximate surface area is 164 Å². The molecule has 5 nitrogen and oxygen atoms in total. The van der Waals surface area contributed by atoms with Crippen molar-refractivity contribution in [2.24, 2.45) is 0 Å². The Morgan fingerprint density at radius 3 is 2.85 bits per heavy atom. The van der Waals surface area contributed by atoms with Crippen molar-refractivity contribution in [3.05, 3.63) is 52.2 Å². The molecule has 0 fully saturated rings. The molecule has 0 saturated heterocycles. The maximum atomic E-state index is 12.7. The summed E-state index contributed by atoms with van der Waals surface area (Å²) < 4.78 is 6.20. The molecule has 7 heteroatoms. The van der Waals surface area contributed by atoms with Crippen LogP contribution in [0.3, 0.4) is 0 Å². The van der Waals surface area contributed by atoms with Crippen LogP contribution in [0.25, 0.3) is 20.8 Å². The van der Waals surface area contributed by atoms with E-state index in [1.165, 1.54) is 23.3 Å². The van der Waals surface area contributed by atoms with Crippen molar-refractivity contribution in [1.82, 2.24) is 10.1 Å². The van der Waals surface area contributed by atoms with Gasteiger partial charge in [-0.3, -0.25) is 4.79 Å². The second-order valence-corrected chi connectivity index (χ2v) is 8.81. The molecule has 27 heavy (non-hydrogen) atoms. The number of benzene rings is 1. The monoisotopic (exact) mass is 395 g/mol. The topological polar surface area (TPSA) is 68.0 Å². The lowest BCUT2D eigenvalue weighted by molar-refractivity contribution is 0.101. The van der Waals surface area contributed by atoms with E-state index in [9.17, 15) is 4.79 Å². The first-order valence-corrected chi connectivity index (χ1v) is 10.6. The number of hydrogen-bond donors (Lipinski definition) is 1. The summed E-state index contributed by atoms with van der Waals surface area (Å²) in [6.07, 6.45) is 4.48. The Morgan fingerprint density at radius 2 is 2.04 bits per heavy atom. The van der Waals surface area contributed by atoms with Gasteiger partial charge in [-0.1, -0.05) is 17.3 Å². The van der Waals surface area contributed by atoms with Crippen molar-refractivity contribution in [3.63, 3.8) is 0 Å². The number of carbonyl (C=O) groups is 1. The van der Waals surface area contributed by atoms with E-state index in [2.05, 4.69) is 16.5 Å². The molecular formula is C20H17N3O2S2. The Balaban J connectivity index is 1.60. The fraction of sp³-hybridized carbons (Fsp3) is 0.250. The third-order valence-electron chi connectivity index (χ3n) is 4.77. The van der Waals surface area contributed by atoms with Gasteiger partial charge in [-0.15, -0.1) is 22.7 Å². The maximum absolute atomic E-state index is 12.7. The van der Waals surface area contributed by atoms with E-state index >= 15 is 0 Å². The van der Waals surface area contributed by atoms with Crippen molar-refractivity contribution < 1.29 is 9.32 Å². The highest BCUT2D eigenvalue weighted by molar-refractivity contribution is 7.22. The van der Waals surface area contributed by atoms with Crippen LogP contribution in [0.4, 0.5) is 5.00 Å². The number of rotatable bonds is 3. The van der Waals surface area contributed by atoms with Crippen LogP contribution in [0, 0.1) is 6.92 Å². The van der Waals surface area contributed by atoms with Gasteiger partial charge in [0.25, 0.3) is 5.91 Å². The van der Waals surface area contributed by atoms with Crippen LogP contribution < -0.4 is 5.32 Å². The first-order valence-electron chi connectivity index (χ1n) is 8.94. The molecule has 136 valence electrons. The van der Waals surface area contributed by atoms with Crippen molar-refractivity contribution in [2.75, 3.05) is 5.32 Å². The summed E-state index contributed by atoms with van der Waals surface area (Å²) in [6, 6.07) is 9.81. The second kappa shape index (κ2) is 6.58. The summed E-state index contributed by atoms with van der Waals surface area (Å²) in [4.78, 5) is 18.9. The van der Waals surface area contributed by atoms with E-state index in [0.717, 1.165) is 38.6 Å². The van der Waals surface area contributed by atoms with Gasteiger partial charge in [-0.25, -0.2) is 4.98 Å². The number of amides is 1. The van der Waals surface area contributed by atoms with Gasteiger partial charge in [0.2, 0.25) is 0 Å². The molecule has 1 aliphatic carbocycles. The molecule has 0 saturated carbocycles. The summed E-state index contributed by atoms with van der Waals surface area (Å²) in [6.45, 7) is 1.78. The molecule has 3 aromatic heterocycles. The number of hydrogen-bond acceptors (Lipinski definition) is 6. The molecule has 0 aliphatic heterocycles. The molecule has 0 radical (unpaired) electrons. The Morgan fingerprint density at radius 1 is 1.19 bits per heavy atom. The van der Waals surface area contributed by atoms with Gasteiger partial charge >= 0.3 is 0 Å². The minimum Gasteiger partial charge on any atom is -0.361 e. The fourth-order valence-electron chi connectivity index (χ4n) is 3.50. The number of anilines is 1. The number of aryl methyl sites for hydroxylation is 2. The maximum Gasteiger partial charge on any atom is 0.278 e. The zero-order valence-corrected chi connectivity index (χ0v) is 16.4. The summed E-state index contributed by atoms with van der Waals surface area (Å²) in [7, 11) is 0. The molecule has 4 aromatic rings. The number of nitrogens with one attached hydrogen (secondary N) is 1. The Hall–Kier alpha value is -2.51. The van der Waals surface area contributed by atoms with Gasteiger partial charge in [-0.05, 0) is 50.3 Å². The number of nitrogens with zero attached hydrogens (tertiary/aromatic N) is 2. The first-order chi connectivity index (χ1) is 13.2. The SMILES string of the molecule is Cc1cc(C(=O)Nc2sc3c(c2-c2nc4ccccc4s2)CCCC3)no1. The number of aromatic nitrogens is 2. The van der Waals surface area contributed by atoms with Crippen molar-refractivity contribution in [2.45, 2.75) is 32.6 Å². The number of carbonyl (C=O) groups excluding carboxylic acids is 1. The number of fused-ring (bicyclic) bond motifs is 2. The minimum absolute atomic E-state index is 0.243. The normalized spacial score (nSPS) is 13.7. The van der Waals surface area contributed by atoms with Gasteiger partial charge in [0.1, 0.15) is 15.8 Å². The minimum atomic E-state index is -0.243. The first kappa shape index (κ1) is 16.6. The van der Waals surface area contributed by atoms with Crippen molar-refractivity contribution >= 4 is 43.8 Å². The van der Waals surface area contributed by atoms with Crippen LogP contribution in [0.1, 0.15) is 39.5 Å². The molecule has 1 aliphatic rings. The number of thiophene rings is 1. The molecular weight excluding hydrogens is 378 g/mol. The quantitative estimate of drug-likeness (QED) is 0.501. The van der Waals surface area contributed by atoms with Crippen LogP contribution >= 0.6 is 22.7 Å². The second-order valence-electron chi connectivity index (χ2n) is 6.68. The predicted molar refractivity (Wildman–Crippen MR) is 109 cm³/mol. The van der Waals surface area contributed by atoms with E-state index in [0.29, 0.717) is 11.5 Å². The largest absolute Gasteiger partial charge is 0.361 e. The highest BCUT2D eigenvalue weighted by Gasteiger charge is 2.26. The average molecular weight is 396 g/mol. The van der Waals surface area contributed by atoms with Crippen LogP contribution in [-0.4, -0.2) is 16.0 Å². The highest BCUT2D eigenvalue weighted by atomic mass is 32.1. The zero-order chi connectivity index (χ0) is 18.4. The van der Waals surface area contributed by atoms with Gasteiger partial charge in [0.05, 0.1) is 10.2 Å². The van der Waals surface area contributed by atoms with Crippen LogP contribution in [0.2, 0.25) is 0 Å². The van der Waals surface area contributed by atoms with Gasteiger partial charge in [0.15, 0.2) is 5.69 Å². The lowest BCUT2D eigenvalue weighted by Crippen LogP contribution is -2.12. The third kappa shape index (κ3) is 2.96. The molecule has 3 heterocycles. The van der Waals surface area contributed by atoms with E-state index < -0.39 is 0 Å². The molecule has 1 N–H and O–H groups in total. The zero-order valence-electron chi connectivity index (χ0n) is 14.7. The van der Waals surface area contributed by atoms with Crippen molar-refractivity contribution in [1.29, 1.82) is 0 Å². The Bertz CT molecular complexity index is 1120. The lowest BCUT2D eigenvalue weighted by Gasteiger charge is -2.11. The summed E-state index contributed by atoms with van der Waals surface area (Å²) in [5, 5.41) is 8.74.